The fourth-order valence-corrected chi connectivity index (χ4v) is 3.72. The molecular formula is C16H26IN7S. The first-order chi connectivity index (χ1) is 11.6. The van der Waals surface area contributed by atoms with Crippen LogP contribution in [0.4, 0.5) is 0 Å². The van der Waals surface area contributed by atoms with E-state index in [0.717, 1.165) is 60.8 Å². The summed E-state index contributed by atoms with van der Waals surface area (Å²) >= 11 is 1.68. The fourth-order valence-electron chi connectivity index (χ4n) is 3.12. The molecule has 3 heterocycles. The van der Waals surface area contributed by atoms with E-state index in [1.165, 1.54) is 0 Å². The zero-order valence-corrected chi connectivity index (χ0v) is 18.3. The molecule has 1 N–H and O–H groups in total. The molecule has 138 valence electrons. The summed E-state index contributed by atoms with van der Waals surface area (Å²) in [6.45, 7) is 6.71. The number of thiazole rings is 1. The largest absolute Gasteiger partial charge is 0.356 e. The number of aromatic nitrogens is 4. The lowest BCUT2D eigenvalue weighted by molar-refractivity contribution is 0.352. The van der Waals surface area contributed by atoms with E-state index in [4.69, 9.17) is 0 Å². The molecule has 0 bridgehead atoms. The first kappa shape index (κ1) is 20.1. The van der Waals surface area contributed by atoms with Crippen molar-refractivity contribution < 1.29 is 0 Å². The molecule has 25 heavy (non-hydrogen) atoms. The van der Waals surface area contributed by atoms with E-state index in [2.05, 4.69) is 40.3 Å². The van der Waals surface area contributed by atoms with Gasteiger partial charge < -0.3 is 14.8 Å². The van der Waals surface area contributed by atoms with Gasteiger partial charge in [-0.3, -0.25) is 4.99 Å². The average molecular weight is 475 g/mol. The number of aryl methyl sites for hydroxylation is 3. The number of rotatable bonds is 4. The van der Waals surface area contributed by atoms with E-state index in [1.807, 2.05) is 27.9 Å². The van der Waals surface area contributed by atoms with E-state index >= 15 is 0 Å². The second-order valence-corrected chi connectivity index (χ2v) is 7.38. The number of guanidine groups is 1. The van der Waals surface area contributed by atoms with Gasteiger partial charge in [-0.25, -0.2) is 4.98 Å². The minimum absolute atomic E-state index is 0. The molecule has 9 heteroatoms. The van der Waals surface area contributed by atoms with Crippen molar-refractivity contribution in [1.82, 2.24) is 30.0 Å². The summed E-state index contributed by atoms with van der Waals surface area (Å²) in [5.41, 5.74) is 1.09. The molecule has 1 aliphatic rings. The SMILES string of the molecule is CN=C(NCC1CCc2nnc(C)n2C1)N(C)Cc1csc(C)n1.I. The van der Waals surface area contributed by atoms with E-state index in [9.17, 15) is 0 Å². The molecule has 0 radical (unpaired) electrons. The molecule has 3 rings (SSSR count). The van der Waals surface area contributed by atoms with Crippen LogP contribution >= 0.6 is 35.3 Å². The van der Waals surface area contributed by atoms with Gasteiger partial charge in [0, 0.05) is 39.0 Å². The normalized spacial score (nSPS) is 17.0. The highest BCUT2D eigenvalue weighted by Gasteiger charge is 2.22. The van der Waals surface area contributed by atoms with E-state index < -0.39 is 0 Å². The van der Waals surface area contributed by atoms with Crippen molar-refractivity contribution in [2.24, 2.45) is 10.9 Å². The molecule has 1 unspecified atom stereocenters. The summed E-state index contributed by atoms with van der Waals surface area (Å²) in [5.74, 6) is 3.60. The van der Waals surface area contributed by atoms with Crippen LogP contribution in [-0.4, -0.2) is 51.2 Å². The third-order valence-corrected chi connectivity index (χ3v) is 5.24. The Labute approximate surface area is 170 Å². The lowest BCUT2D eigenvalue weighted by atomic mass is 9.99. The third-order valence-electron chi connectivity index (χ3n) is 4.42. The van der Waals surface area contributed by atoms with Crippen LogP contribution < -0.4 is 5.32 Å². The standard InChI is InChI=1S/C16H25N7S.HI/c1-11-20-21-15-6-5-13(8-23(11)15)7-18-16(17-3)22(4)9-14-10-24-12(2)19-14;/h10,13H,5-9H2,1-4H3,(H,17,18);1H. The third kappa shape index (κ3) is 4.90. The van der Waals surface area contributed by atoms with Crippen molar-refractivity contribution >= 4 is 41.3 Å². The molecule has 0 saturated heterocycles. The monoisotopic (exact) mass is 475 g/mol. The first-order valence-corrected chi connectivity index (χ1v) is 9.16. The van der Waals surface area contributed by atoms with Crippen molar-refractivity contribution in [2.75, 3.05) is 20.6 Å². The topological polar surface area (TPSA) is 71.2 Å². The van der Waals surface area contributed by atoms with Gasteiger partial charge >= 0.3 is 0 Å². The van der Waals surface area contributed by atoms with Crippen LogP contribution in [0.2, 0.25) is 0 Å². The van der Waals surface area contributed by atoms with Crippen LogP contribution in [0, 0.1) is 19.8 Å². The molecular weight excluding hydrogens is 449 g/mol. The Morgan fingerprint density at radius 2 is 2.24 bits per heavy atom. The Hall–Kier alpha value is -1.23. The van der Waals surface area contributed by atoms with E-state index in [0.29, 0.717) is 5.92 Å². The molecule has 0 fully saturated rings. The second kappa shape index (κ2) is 8.93. The number of halogens is 1. The lowest BCUT2D eigenvalue weighted by Gasteiger charge is -2.27. The second-order valence-electron chi connectivity index (χ2n) is 6.32. The van der Waals surface area contributed by atoms with Gasteiger partial charge in [0.15, 0.2) is 5.96 Å². The highest BCUT2D eigenvalue weighted by molar-refractivity contribution is 14.0. The van der Waals surface area contributed by atoms with Gasteiger partial charge in [-0.1, -0.05) is 0 Å². The summed E-state index contributed by atoms with van der Waals surface area (Å²) in [4.78, 5) is 11.0. The van der Waals surface area contributed by atoms with E-state index in [-0.39, 0.29) is 24.0 Å². The molecule has 7 nitrogen and oxygen atoms in total. The summed E-state index contributed by atoms with van der Waals surface area (Å²) < 4.78 is 2.24. The molecule has 0 aliphatic carbocycles. The van der Waals surface area contributed by atoms with Gasteiger partial charge in [0.25, 0.3) is 0 Å². The Morgan fingerprint density at radius 1 is 1.44 bits per heavy atom. The number of fused-ring (bicyclic) bond motifs is 1. The van der Waals surface area contributed by atoms with Gasteiger partial charge in [-0.2, -0.15) is 0 Å². The number of nitrogens with one attached hydrogen (secondary N) is 1. The highest BCUT2D eigenvalue weighted by atomic mass is 127. The predicted octanol–water partition coefficient (Wildman–Crippen LogP) is 2.24. The van der Waals surface area contributed by atoms with Crippen LogP contribution in [0.1, 0.15) is 28.8 Å². The van der Waals surface area contributed by atoms with Crippen molar-refractivity contribution in [3.8, 4) is 0 Å². The number of nitrogens with zero attached hydrogens (tertiary/aromatic N) is 6. The maximum absolute atomic E-state index is 4.52. The predicted molar refractivity (Wildman–Crippen MR) is 112 cm³/mol. The highest BCUT2D eigenvalue weighted by Crippen LogP contribution is 2.19. The Bertz CT molecular complexity index is 724. The lowest BCUT2D eigenvalue weighted by Crippen LogP contribution is -2.42. The van der Waals surface area contributed by atoms with Gasteiger partial charge in [0.1, 0.15) is 11.6 Å². The molecule has 0 aromatic carbocycles. The van der Waals surface area contributed by atoms with Crippen molar-refractivity contribution in [3.63, 3.8) is 0 Å². The van der Waals surface area contributed by atoms with Crippen LogP contribution in [-0.2, 0) is 19.5 Å². The summed E-state index contributed by atoms with van der Waals surface area (Å²) in [6, 6.07) is 0. The minimum atomic E-state index is 0. The van der Waals surface area contributed by atoms with Crippen LogP contribution in [0.15, 0.2) is 10.4 Å². The van der Waals surface area contributed by atoms with Crippen LogP contribution in [0.3, 0.4) is 0 Å². The van der Waals surface area contributed by atoms with Crippen LogP contribution in [0.25, 0.3) is 0 Å². The van der Waals surface area contributed by atoms with Gasteiger partial charge in [-0.15, -0.1) is 45.5 Å². The first-order valence-electron chi connectivity index (χ1n) is 8.28. The van der Waals surface area contributed by atoms with E-state index in [1.54, 1.807) is 11.3 Å². The molecule has 2 aromatic rings. The summed E-state index contributed by atoms with van der Waals surface area (Å²) in [5, 5.41) is 15.1. The zero-order valence-electron chi connectivity index (χ0n) is 15.2. The Balaban J connectivity index is 0.00000225. The summed E-state index contributed by atoms with van der Waals surface area (Å²) in [6.07, 6.45) is 2.14. The smallest absolute Gasteiger partial charge is 0.193 e. The average Bonchev–Trinajstić information content (AvgIpc) is 3.14. The maximum atomic E-state index is 4.52. The van der Waals surface area contributed by atoms with Crippen molar-refractivity contribution in [3.05, 3.63) is 27.7 Å². The molecule has 1 aliphatic heterocycles. The molecule has 0 amide bonds. The molecule has 0 spiro atoms. The summed E-state index contributed by atoms with van der Waals surface area (Å²) in [7, 11) is 3.88. The molecule has 2 aromatic heterocycles. The van der Waals surface area contributed by atoms with Gasteiger partial charge in [-0.05, 0) is 26.2 Å². The molecule has 0 saturated carbocycles. The quantitative estimate of drug-likeness (QED) is 0.417. The van der Waals surface area contributed by atoms with Gasteiger partial charge in [0.2, 0.25) is 0 Å². The molecule has 1 atom stereocenters. The fraction of sp³-hybridized carbons (Fsp3) is 0.625. The van der Waals surface area contributed by atoms with Crippen molar-refractivity contribution in [1.29, 1.82) is 0 Å². The Kier molecular flexibility index (Phi) is 7.17. The van der Waals surface area contributed by atoms with Crippen molar-refractivity contribution in [2.45, 2.75) is 39.8 Å². The maximum Gasteiger partial charge on any atom is 0.193 e. The van der Waals surface area contributed by atoms with Gasteiger partial charge in [0.05, 0.1) is 17.2 Å². The van der Waals surface area contributed by atoms with Crippen LogP contribution in [0.5, 0.6) is 0 Å². The zero-order chi connectivity index (χ0) is 17.1. The number of aliphatic imine (C=N–C) groups is 1. The minimum Gasteiger partial charge on any atom is -0.356 e. The number of hydrogen-bond acceptors (Lipinski definition) is 5. The number of hydrogen-bond donors (Lipinski definition) is 1. The Morgan fingerprint density at radius 3 is 2.92 bits per heavy atom.